The number of piperazine rings is 1. The van der Waals surface area contributed by atoms with Crippen LogP contribution in [0, 0.1) is 5.92 Å². The summed E-state index contributed by atoms with van der Waals surface area (Å²) in [6, 6.07) is 1.62. The Morgan fingerprint density at radius 1 is 0.952 bits per heavy atom. The third-order valence-electron chi connectivity index (χ3n) is 5.86. The van der Waals surface area contributed by atoms with Crippen LogP contribution in [-0.4, -0.2) is 74.2 Å². The van der Waals surface area contributed by atoms with Crippen LogP contribution in [0.2, 0.25) is 0 Å². The molecule has 4 heteroatoms. The minimum absolute atomic E-state index is 0.777. The number of hydrogen-bond acceptors (Lipinski definition) is 4. The minimum atomic E-state index is 0.777. The molecule has 0 aromatic heterocycles. The fraction of sp³-hybridized carbons (Fsp3) is 1.00. The topological polar surface area (TPSA) is 30.5 Å². The minimum Gasteiger partial charge on any atom is -0.315 e. The van der Waals surface area contributed by atoms with E-state index in [1.807, 2.05) is 0 Å². The van der Waals surface area contributed by atoms with Crippen LogP contribution in [0.3, 0.4) is 0 Å². The molecule has 4 nitrogen and oxygen atoms in total. The molecule has 0 amide bonds. The Kier molecular flexibility index (Phi) is 5.92. The summed E-state index contributed by atoms with van der Waals surface area (Å²) in [5, 5.41) is 7.15. The first-order valence-corrected chi connectivity index (χ1v) is 9.28. The molecule has 0 bridgehead atoms. The summed E-state index contributed by atoms with van der Waals surface area (Å²) in [5.41, 5.74) is 0. The van der Waals surface area contributed by atoms with Gasteiger partial charge in [-0.1, -0.05) is 13.3 Å². The highest BCUT2D eigenvalue weighted by molar-refractivity contribution is 4.92. The Morgan fingerprint density at radius 2 is 1.81 bits per heavy atom. The summed E-state index contributed by atoms with van der Waals surface area (Å²) >= 11 is 0. The van der Waals surface area contributed by atoms with Gasteiger partial charge in [-0.25, -0.2) is 0 Å². The Morgan fingerprint density at radius 3 is 2.62 bits per heavy atom. The highest BCUT2D eigenvalue weighted by Crippen LogP contribution is 2.28. The van der Waals surface area contributed by atoms with Crippen LogP contribution < -0.4 is 10.6 Å². The Balaban J connectivity index is 1.62. The molecule has 2 N–H and O–H groups in total. The molecular formula is C17H34N4. The van der Waals surface area contributed by atoms with Crippen molar-refractivity contribution in [1.29, 1.82) is 0 Å². The molecule has 3 atom stereocenters. The maximum Gasteiger partial charge on any atom is 0.0264 e. The van der Waals surface area contributed by atoms with Crippen LogP contribution in [-0.2, 0) is 0 Å². The lowest BCUT2D eigenvalue weighted by atomic mass is 9.87. The average Bonchev–Trinajstić information content (AvgIpc) is 2.56. The number of nitrogens with one attached hydrogen (secondary N) is 2. The van der Waals surface area contributed by atoms with E-state index < -0.39 is 0 Å². The molecule has 0 aromatic rings. The van der Waals surface area contributed by atoms with Crippen LogP contribution in [0.5, 0.6) is 0 Å². The van der Waals surface area contributed by atoms with E-state index in [0.29, 0.717) is 0 Å². The van der Waals surface area contributed by atoms with Gasteiger partial charge in [-0.3, -0.25) is 4.90 Å². The molecular weight excluding hydrogens is 260 g/mol. The number of rotatable bonds is 4. The summed E-state index contributed by atoms with van der Waals surface area (Å²) in [6.45, 7) is 12.3. The SMILES string of the molecule is CCC1CCCCN1C1CNCCC1CN1CCNCC1. The van der Waals surface area contributed by atoms with Crippen molar-refractivity contribution in [3.05, 3.63) is 0 Å². The van der Waals surface area contributed by atoms with Gasteiger partial charge in [-0.15, -0.1) is 0 Å². The van der Waals surface area contributed by atoms with Gasteiger partial charge in [0.25, 0.3) is 0 Å². The third-order valence-corrected chi connectivity index (χ3v) is 5.86. The van der Waals surface area contributed by atoms with E-state index in [2.05, 4.69) is 27.4 Å². The van der Waals surface area contributed by atoms with Crippen LogP contribution in [0.25, 0.3) is 0 Å². The number of likely N-dealkylation sites (tertiary alicyclic amines) is 1. The first-order valence-electron chi connectivity index (χ1n) is 9.28. The van der Waals surface area contributed by atoms with E-state index >= 15 is 0 Å². The Bertz CT molecular complexity index is 303. The van der Waals surface area contributed by atoms with Gasteiger partial charge in [0.05, 0.1) is 0 Å². The molecule has 3 heterocycles. The summed E-state index contributed by atoms with van der Waals surface area (Å²) < 4.78 is 0. The van der Waals surface area contributed by atoms with Crippen molar-refractivity contribution in [3.8, 4) is 0 Å². The zero-order chi connectivity index (χ0) is 14.5. The predicted molar refractivity (Wildman–Crippen MR) is 88.7 cm³/mol. The monoisotopic (exact) mass is 294 g/mol. The van der Waals surface area contributed by atoms with Gasteiger partial charge in [0, 0.05) is 51.4 Å². The van der Waals surface area contributed by atoms with Crippen molar-refractivity contribution >= 4 is 0 Å². The Hall–Kier alpha value is -0.160. The molecule has 0 aliphatic carbocycles. The first-order chi connectivity index (χ1) is 10.4. The number of hydrogen-bond donors (Lipinski definition) is 2. The zero-order valence-electron chi connectivity index (χ0n) is 13.8. The van der Waals surface area contributed by atoms with Gasteiger partial charge in [-0.2, -0.15) is 0 Å². The van der Waals surface area contributed by atoms with Gasteiger partial charge >= 0.3 is 0 Å². The molecule has 3 aliphatic rings. The molecule has 122 valence electrons. The van der Waals surface area contributed by atoms with E-state index in [9.17, 15) is 0 Å². The van der Waals surface area contributed by atoms with Crippen LogP contribution in [0.4, 0.5) is 0 Å². The highest BCUT2D eigenvalue weighted by Gasteiger charge is 2.35. The van der Waals surface area contributed by atoms with E-state index in [4.69, 9.17) is 0 Å². The second-order valence-corrected chi connectivity index (χ2v) is 7.17. The van der Waals surface area contributed by atoms with Crippen molar-refractivity contribution < 1.29 is 0 Å². The molecule has 21 heavy (non-hydrogen) atoms. The smallest absolute Gasteiger partial charge is 0.0264 e. The van der Waals surface area contributed by atoms with Crippen molar-refractivity contribution in [2.24, 2.45) is 5.92 Å². The summed E-state index contributed by atoms with van der Waals surface area (Å²) in [5.74, 6) is 0.872. The lowest BCUT2D eigenvalue weighted by molar-refractivity contribution is 0.0296. The second-order valence-electron chi connectivity index (χ2n) is 7.17. The standard InChI is InChI=1S/C17H34N4/c1-2-16-5-3-4-10-21(16)17-13-19-7-6-15(17)14-20-11-8-18-9-12-20/h15-19H,2-14H2,1H3. The van der Waals surface area contributed by atoms with E-state index in [-0.39, 0.29) is 0 Å². The van der Waals surface area contributed by atoms with E-state index in [1.165, 1.54) is 84.5 Å². The van der Waals surface area contributed by atoms with E-state index in [0.717, 1.165) is 18.0 Å². The predicted octanol–water partition coefficient (Wildman–Crippen LogP) is 1.13. The highest BCUT2D eigenvalue weighted by atomic mass is 15.2. The van der Waals surface area contributed by atoms with Crippen molar-refractivity contribution in [3.63, 3.8) is 0 Å². The first kappa shape index (κ1) is 15.7. The molecule has 0 spiro atoms. The summed E-state index contributed by atoms with van der Waals surface area (Å²) in [6.07, 6.45) is 6.97. The normalized spacial score (nSPS) is 36.7. The van der Waals surface area contributed by atoms with E-state index in [1.54, 1.807) is 0 Å². The quantitative estimate of drug-likeness (QED) is 0.814. The van der Waals surface area contributed by atoms with Crippen LogP contribution in [0.1, 0.15) is 39.0 Å². The maximum absolute atomic E-state index is 3.67. The number of piperidine rings is 2. The Labute approximate surface area is 130 Å². The molecule has 3 rings (SSSR count). The van der Waals surface area contributed by atoms with Gasteiger partial charge in [0.2, 0.25) is 0 Å². The molecule has 3 aliphatic heterocycles. The van der Waals surface area contributed by atoms with Crippen molar-refractivity contribution in [2.75, 3.05) is 52.4 Å². The fourth-order valence-corrected chi connectivity index (χ4v) is 4.62. The van der Waals surface area contributed by atoms with Gasteiger partial charge in [0.1, 0.15) is 0 Å². The second kappa shape index (κ2) is 7.91. The molecule has 3 fully saturated rings. The molecule has 0 saturated carbocycles. The molecule has 0 radical (unpaired) electrons. The molecule has 3 unspecified atom stereocenters. The van der Waals surface area contributed by atoms with Crippen molar-refractivity contribution in [2.45, 2.75) is 51.1 Å². The van der Waals surface area contributed by atoms with Crippen LogP contribution >= 0.6 is 0 Å². The van der Waals surface area contributed by atoms with Crippen molar-refractivity contribution in [1.82, 2.24) is 20.4 Å². The largest absolute Gasteiger partial charge is 0.315 e. The maximum atomic E-state index is 3.67. The zero-order valence-corrected chi connectivity index (χ0v) is 13.8. The number of nitrogens with zero attached hydrogens (tertiary/aromatic N) is 2. The van der Waals surface area contributed by atoms with Crippen LogP contribution in [0.15, 0.2) is 0 Å². The van der Waals surface area contributed by atoms with Gasteiger partial charge in [-0.05, 0) is 44.7 Å². The molecule has 3 saturated heterocycles. The molecule has 0 aromatic carbocycles. The van der Waals surface area contributed by atoms with Gasteiger partial charge in [0.15, 0.2) is 0 Å². The lowest BCUT2D eigenvalue weighted by Crippen LogP contribution is -2.58. The van der Waals surface area contributed by atoms with Gasteiger partial charge < -0.3 is 15.5 Å². The average molecular weight is 294 g/mol. The summed E-state index contributed by atoms with van der Waals surface area (Å²) in [4.78, 5) is 5.58. The fourth-order valence-electron chi connectivity index (χ4n) is 4.62. The summed E-state index contributed by atoms with van der Waals surface area (Å²) in [7, 11) is 0. The lowest BCUT2D eigenvalue weighted by Gasteiger charge is -2.47. The third kappa shape index (κ3) is 3.98.